The van der Waals surface area contributed by atoms with E-state index in [2.05, 4.69) is 10.5 Å². The van der Waals surface area contributed by atoms with Crippen molar-refractivity contribution in [2.75, 3.05) is 7.11 Å². The third-order valence-electron chi connectivity index (χ3n) is 2.83. The molecule has 1 aromatic carbocycles. The zero-order valence-corrected chi connectivity index (χ0v) is 11.0. The van der Waals surface area contributed by atoms with Crippen LogP contribution in [0.1, 0.15) is 17.3 Å². The van der Waals surface area contributed by atoms with Crippen molar-refractivity contribution in [2.24, 2.45) is 12.9 Å². The number of halogens is 1. The number of hydrogen-bond acceptors (Lipinski definition) is 4. The van der Waals surface area contributed by atoms with E-state index in [9.17, 15) is 0 Å². The number of hydrogen-bond donors (Lipinski definition) is 2. The first-order valence-corrected chi connectivity index (χ1v) is 5.82. The number of methoxy groups -OCH3 is 1. The van der Waals surface area contributed by atoms with Crippen LogP contribution in [-0.2, 0) is 7.05 Å². The normalized spacial score (nSPS) is 12.4. The minimum Gasteiger partial charge on any atom is -0.497 e. The summed E-state index contributed by atoms with van der Waals surface area (Å²) in [5, 5.41) is 4.69. The lowest BCUT2D eigenvalue weighted by molar-refractivity contribution is 0.414. The summed E-state index contributed by atoms with van der Waals surface area (Å²) in [7, 11) is 3.46. The van der Waals surface area contributed by atoms with Crippen LogP contribution in [0.5, 0.6) is 5.75 Å². The molecular formula is C12H15ClN4O. The Morgan fingerprint density at radius 3 is 2.50 bits per heavy atom. The third kappa shape index (κ3) is 2.33. The van der Waals surface area contributed by atoms with E-state index in [0.717, 1.165) is 17.0 Å². The lowest BCUT2D eigenvalue weighted by Gasteiger charge is -2.17. The van der Waals surface area contributed by atoms with Crippen LogP contribution in [0.25, 0.3) is 0 Å². The fourth-order valence-corrected chi connectivity index (χ4v) is 2.15. The van der Waals surface area contributed by atoms with Crippen LogP contribution in [0.4, 0.5) is 0 Å². The molecule has 0 fully saturated rings. The number of nitrogens with two attached hydrogens (primary N) is 1. The van der Waals surface area contributed by atoms with Crippen molar-refractivity contribution in [3.63, 3.8) is 0 Å². The molecule has 0 saturated carbocycles. The van der Waals surface area contributed by atoms with E-state index >= 15 is 0 Å². The van der Waals surface area contributed by atoms with Crippen molar-refractivity contribution in [2.45, 2.75) is 6.04 Å². The molecule has 0 bridgehead atoms. The summed E-state index contributed by atoms with van der Waals surface area (Å²) in [5.74, 6) is 6.42. The maximum absolute atomic E-state index is 6.12. The first-order chi connectivity index (χ1) is 8.67. The molecule has 5 nitrogen and oxygen atoms in total. The SMILES string of the molecule is COc1ccc(C(NN)c2c(Cl)cnn2C)cc1. The summed E-state index contributed by atoms with van der Waals surface area (Å²) in [6.45, 7) is 0. The maximum atomic E-state index is 6.12. The van der Waals surface area contributed by atoms with Gasteiger partial charge < -0.3 is 4.74 Å². The number of nitrogens with one attached hydrogen (secondary N) is 1. The first-order valence-electron chi connectivity index (χ1n) is 5.45. The second-order valence-electron chi connectivity index (χ2n) is 3.87. The zero-order valence-electron chi connectivity index (χ0n) is 10.2. The Morgan fingerprint density at radius 2 is 2.06 bits per heavy atom. The van der Waals surface area contributed by atoms with Gasteiger partial charge in [-0.1, -0.05) is 23.7 Å². The standard InChI is InChI=1S/C12H15ClN4O/c1-17-12(10(13)7-15-17)11(16-14)8-3-5-9(18-2)6-4-8/h3-7,11,16H,14H2,1-2H3. The molecule has 0 aliphatic heterocycles. The number of ether oxygens (including phenoxy) is 1. The third-order valence-corrected chi connectivity index (χ3v) is 3.12. The van der Waals surface area contributed by atoms with Crippen molar-refractivity contribution < 1.29 is 4.74 Å². The molecule has 0 aliphatic carbocycles. The summed E-state index contributed by atoms with van der Waals surface area (Å²) in [6, 6.07) is 7.42. The Kier molecular flexibility index (Phi) is 3.86. The largest absolute Gasteiger partial charge is 0.497 e. The number of benzene rings is 1. The highest BCUT2D eigenvalue weighted by atomic mass is 35.5. The van der Waals surface area contributed by atoms with Gasteiger partial charge >= 0.3 is 0 Å². The fourth-order valence-electron chi connectivity index (χ4n) is 1.87. The van der Waals surface area contributed by atoms with Crippen molar-refractivity contribution in [1.82, 2.24) is 15.2 Å². The van der Waals surface area contributed by atoms with E-state index in [4.69, 9.17) is 22.2 Å². The average Bonchev–Trinajstić information content (AvgIpc) is 2.72. The first kappa shape index (κ1) is 12.9. The van der Waals surface area contributed by atoms with Gasteiger partial charge in [0, 0.05) is 7.05 Å². The summed E-state index contributed by atoms with van der Waals surface area (Å²) in [5.41, 5.74) is 4.57. The molecule has 0 radical (unpaired) electrons. The van der Waals surface area contributed by atoms with E-state index in [-0.39, 0.29) is 6.04 Å². The van der Waals surface area contributed by atoms with Gasteiger partial charge in [0.25, 0.3) is 0 Å². The molecule has 1 atom stereocenters. The molecule has 2 rings (SSSR count). The van der Waals surface area contributed by atoms with Crippen LogP contribution < -0.4 is 16.0 Å². The van der Waals surface area contributed by atoms with Gasteiger partial charge in [0.05, 0.1) is 30.1 Å². The molecular weight excluding hydrogens is 252 g/mol. The average molecular weight is 267 g/mol. The van der Waals surface area contributed by atoms with Gasteiger partial charge in [-0.25, -0.2) is 5.43 Å². The van der Waals surface area contributed by atoms with Gasteiger partial charge in [0.15, 0.2) is 0 Å². The minimum absolute atomic E-state index is 0.212. The van der Waals surface area contributed by atoms with Crippen LogP contribution >= 0.6 is 11.6 Å². The summed E-state index contributed by atoms with van der Waals surface area (Å²) in [4.78, 5) is 0. The molecule has 0 aliphatic rings. The van der Waals surface area contributed by atoms with Crippen molar-refractivity contribution >= 4 is 11.6 Å². The van der Waals surface area contributed by atoms with E-state index in [1.165, 1.54) is 0 Å². The Balaban J connectivity index is 2.39. The van der Waals surface area contributed by atoms with Crippen LogP contribution in [0, 0.1) is 0 Å². The molecule has 0 amide bonds. The van der Waals surface area contributed by atoms with Gasteiger partial charge in [-0.2, -0.15) is 5.10 Å². The highest BCUT2D eigenvalue weighted by molar-refractivity contribution is 6.31. The van der Waals surface area contributed by atoms with Gasteiger partial charge in [0.1, 0.15) is 5.75 Å². The van der Waals surface area contributed by atoms with E-state index < -0.39 is 0 Å². The molecule has 6 heteroatoms. The number of hydrazine groups is 1. The quantitative estimate of drug-likeness (QED) is 0.652. The number of nitrogens with zero attached hydrogens (tertiary/aromatic N) is 2. The molecule has 1 heterocycles. The topological polar surface area (TPSA) is 65.1 Å². The van der Waals surface area contributed by atoms with Gasteiger partial charge in [-0.3, -0.25) is 10.5 Å². The monoisotopic (exact) mass is 266 g/mol. The second kappa shape index (κ2) is 5.39. The molecule has 18 heavy (non-hydrogen) atoms. The number of aryl methyl sites for hydroxylation is 1. The lowest BCUT2D eigenvalue weighted by atomic mass is 10.0. The lowest BCUT2D eigenvalue weighted by Crippen LogP contribution is -2.30. The number of rotatable bonds is 4. The Bertz CT molecular complexity index is 504. The van der Waals surface area contributed by atoms with Crippen LogP contribution in [0.2, 0.25) is 5.02 Å². The summed E-state index contributed by atoms with van der Waals surface area (Å²) >= 11 is 6.12. The summed E-state index contributed by atoms with van der Waals surface area (Å²) < 4.78 is 6.83. The van der Waals surface area contributed by atoms with Crippen LogP contribution in [0.15, 0.2) is 30.5 Å². The molecule has 0 saturated heterocycles. The molecule has 2 aromatic rings. The Hall–Kier alpha value is -1.56. The van der Waals surface area contributed by atoms with Gasteiger partial charge in [-0.05, 0) is 17.7 Å². The smallest absolute Gasteiger partial charge is 0.118 e. The zero-order chi connectivity index (χ0) is 13.1. The molecule has 96 valence electrons. The minimum atomic E-state index is -0.212. The Labute approximate surface area is 110 Å². The predicted molar refractivity (Wildman–Crippen MR) is 70.4 cm³/mol. The summed E-state index contributed by atoms with van der Waals surface area (Å²) in [6.07, 6.45) is 1.60. The van der Waals surface area contributed by atoms with Gasteiger partial charge in [0.2, 0.25) is 0 Å². The number of aromatic nitrogens is 2. The van der Waals surface area contributed by atoms with Crippen molar-refractivity contribution in [3.05, 3.63) is 46.7 Å². The highest BCUT2D eigenvalue weighted by Gasteiger charge is 2.19. The van der Waals surface area contributed by atoms with Crippen LogP contribution in [-0.4, -0.2) is 16.9 Å². The van der Waals surface area contributed by atoms with Gasteiger partial charge in [-0.15, -0.1) is 0 Å². The van der Waals surface area contributed by atoms with E-state index in [0.29, 0.717) is 5.02 Å². The van der Waals surface area contributed by atoms with Crippen molar-refractivity contribution in [1.29, 1.82) is 0 Å². The highest BCUT2D eigenvalue weighted by Crippen LogP contribution is 2.28. The molecule has 1 unspecified atom stereocenters. The van der Waals surface area contributed by atoms with Crippen LogP contribution in [0.3, 0.4) is 0 Å². The van der Waals surface area contributed by atoms with Crippen molar-refractivity contribution in [3.8, 4) is 5.75 Å². The maximum Gasteiger partial charge on any atom is 0.118 e. The predicted octanol–water partition coefficient (Wildman–Crippen LogP) is 1.63. The molecule has 1 aromatic heterocycles. The fraction of sp³-hybridized carbons (Fsp3) is 0.250. The molecule has 3 N–H and O–H groups in total. The Morgan fingerprint density at radius 1 is 1.39 bits per heavy atom. The molecule has 0 spiro atoms. The second-order valence-corrected chi connectivity index (χ2v) is 4.28. The van der Waals surface area contributed by atoms with E-state index in [1.54, 1.807) is 18.0 Å². The van der Waals surface area contributed by atoms with E-state index in [1.807, 2.05) is 31.3 Å².